The van der Waals surface area contributed by atoms with Crippen LogP contribution in [0.2, 0.25) is 0 Å². The maximum absolute atomic E-state index is 5.99. The third-order valence-corrected chi connectivity index (χ3v) is 3.55. The van der Waals surface area contributed by atoms with Crippen LogP contribution in [0.15, 0.2) is 48.5 Å². The summed E-state index contributed by atoms with van der Waals surface area (Å²) in [6.07, 6.45) is 2.66. The average molecular weight is 268 g/mol. The molecule has 2 aromatic rings. The molecular formula is C17H20N2O. The first-order valence-electron chi connectivity index (χ1n) is 7.11. The zero-order valence-corrected chi connectivity index (χ0v) is 11.5. The molecule has 0 heterocycles. The maximum Gasteiger partial charge on any atom is 0.122 e. The Hall–Kier alpha value is -2.16. The van der Waals surface area contributed by atoms with Crippen LogP contribution in [0.3, 0.4) is 0 Å². The van der Waals surface area contributed by atoms with Crippen LogP contribution >= 0.6 is 0 Å². The molecule has 0 bridgehead atoms. The maximum atomic E-state index is 5.99. The molecule has 1 aliphatic carbocycles. The highest BCUT2D eigenvalue weighted by Crippen LogP contribution is 2.31. The van der Waals surface area contributed by atoms with E-state index in [9.17, 15) is 0 Å². The van der Waals surface area contributed by atoms with E-state index in [1.165, 1.54) is 12.8 Å². The van der Waals surface area contributed by atoms with Crippen LogP contribution in [-0.2, 0) is 6.61 Å². The molecule has 20 heavy (non-hydrogen) atoms. The summed E-state index contributed by atoms with van der Waals surface area (Å²) in [5, 5.41) is 3.41. The Kier molecular flexibility index (Phi) is 3.77. The molecule has 104 valence electrons. The van der Waals surface area contributed by atoms with E-state index in [4.69, 9.17) is 10.5 Å². The SMILES string of the molecule is Nc1ccc(OCc2ccccc2)cc1NCC1CC1. The van der Waals surface area contributed by atoms with Crippen LogP contribution < -0.4 is 15.8 Å². The molecule has 0 aromatic heterocycles. The second-order valence-corrected chi connectivity index (χ2v) is 5.35. The summed E-state index contributed by atoms with van der Waals surface area (Å²) >= 11 is 0. The Morgan fingerprint density at radius 1 is 1.10 bits per heavy atom. The van der Waals surface area contributed by atoms with E-state index >= 15 is 0 Å². The smallest absolute Gasteiger partial charge is 0.122 e. The Morgan fingerprint density at radius 3 is 2.65 bits per heavy atom. The van der Waals surface area contributed by atoms with Crippen LogP contribution in [0.5, 0.6) is 5.75 Å². The Bertz CT molecular complexity index is 564. The normalized spacial score (nSPS) is 14.0. The minimum absolute atomic E-state index is 0.576. The Morgan fingerprint density at radius 2 is 1.90 bits per heavy atom. The number of nitrogens with one attached hydrogen (secondary N) is 1. The Balaban J connectivity index is 1.62. The van der Waals surface area contributed by atoms with Crippen molar-refractivity contribution in [1.29, 1.82) is 0 Å². The second-order valence-electron chi connectivity index (χ2n) is 5.35. The summed E-state index contributed by atoms with van der Waals surface area (Å²) in [4.78, 5) is 0. The number of anilines is 2. The lowest BCUT2D eigenvalue weighted by Crippen LogP contribution is -2.06. The molecule has 0 unspecified atom stereocenters. The largest absolute Gasteiger partial charge is 0.489 e. The molecule has 2 aromatic carbocycles. The number of hydrogen-bond donors (Lipinski definition) is 2. The van der Waals surface area contributed by atoms with Crippen molar-refractivity contribution in [2.45, 2.75) is 19.4 Å². The van der Waals surface area contributed by atoms with Gasteiger partial charge >= 0.3 is 0 Å². The van der Waals surface area contributed by atoms with Gasteiger partial charge in [0.15, 0.2) is 0 Å². The van der Waals surface area contributed by atoms with Gasteiger partial charge in [0, 0.05) is 12.6 Å². The molecule has 0 spiro atoms. The van der Waals surface area contributed by atoms with Gasteiger partial charge in [-0.3, -0.25) is 0 Å². The van der Waals surface area contributed by atoms with Crippen molar-refractivity contribution in [3.63, 3.8) is 0 Å². The molecule has 0 aliphatic heterocycles. The summed E-state index contributed by atoms with van der Waals surface area (Å²) in [6.45, 7) is 1.58. The van der Waals surface area contributed by atoms with Gasteiger partial charge in [0.1, 0.15) is 12.4 Å². The van der Waals surface area contributed by atoms with E-state index < -0.39 is 0 Å². The summed E-state index contributed by atoms with van der Waals surface area (Å²) < 4.78 is 5.81. The second kappa shape index (κ2) is 5.87. The van der Waals surface area contributed by atoms with Gasteiger partial charge in [-0.15, -0.1) is 0 Å². The molecule has 1 saturated carbocycles. The molecule has 0 radical (unpaired) electrons. The monoisotopic (exact) mass is 268 g/mol. The van der Waals surface area contributed by atoms with Gasteiger partial charge in [-0.2, -0.15) is 0 Å². The predicted molar refractivity (Wildman–Crippen MR) is 82.8 cm³/mol. The molecule has 3 heteroatoms. The van der Waals surface area contributed by atoms with E-state index in [-0.39, 0.29) is 0 Å². The van der Waals surface area contributed by atoms with Crippen molar-refractivity contribution in [3.8, 4) is 5.75 Å². The molecule has 0 saturated heterocycles. The Labute approximate surface area is 119 Å². The van der Waals surface area contributed by atoms with E-state index in [2.05, 4.69) is 17.4 Å². The quantitative estimate of drug-likeness (QED) is 0.786. The lowest BCUT2D eigenvalue weighted by molar-refractivity contribution is 0.306. The van der Waals surface area contributed by atoms with Crippen LogP contribution in [-0.4, -0.2) is 6.54 Å². The van der Waals surface area contributed by atoms with Crippen molar-refractivity contribution in [2.75, 3.05) is 17.6 Å². The third kappa shape index (κ3) is 3.44. The van der Waals surface area contributed by atoms with E-state index in [1.54, 1.807) is 0 Å². The fraction of sp³-hybridized carbons (Fsp3) is 0.294. The number of rotatable bonds is 6. The lowest BCUT2D eigenvalue weighted by Gasteiger charge is -2.12. The minimum atomic E-state index is 0.576. The molecule has 0 amide bonds. The van der Waals surface area contributed by atoms with Crippen molar-refractivity contribution in [3.05, 3.63) is 54.1 Å². The fourth-order valence-electron chi connectivity index (χ4n) is 2.10. The summed E-state index contributed by atoms with van der Waals surface area (Å²) in [7, 11) is 0. The summed E-state index contributed by atoms with van der Waals surface area (Å²) in [5.41, 5.74) is 8.90. The first-order valence-corrected chi connectivity index (χ1v) is 7.11. The number of nitrogen functional groups attached to an aromatic ring is 1. The first-order chi connectivity index (χ1) is 9.81. The van der Waals surface area contributed by atoms with Gasteiger partial charge in [0.05, 0.1) is 11.4 Å². The minimum Gasteiger partial charge on any atom is -0.489 e. The predicted octanol–water partition coefficient (Wildman–Crippen LogP) is 3.67. The summed E-state index contributed by atoms with van der Waals surface area (Å²) in [5.74, 6) is 1.67. The van der Waals surface area contributed by atoms with Gasteiger partial charge in [0.2, 0.25) is 0 Å². The lowest BCUT2D eigenvalue weighted by atomic mass is 10.2. The van der Waals surface area contributed by atoms with Crippen molar-refractivity contribution < 1.29 is 4.74 Å². The van der Waals surface area contributed by atoms with Crippen molar-refractivity contribution in [1.82, 2.24) is 0 Å². The van der Waals surface area contributed by atoms with Crippen molar-refractivity contribution in [2.24, 2.45) is 5.92 Å². The van der Waals surface area contributed by atoms with Gasteiger partial charge in [-0.05, 0) is 36.5 Å². The fourth-order valence-corrected chi connectivity index (χ4v) is 2.10. The van der Waals surface area contributed by atoms with Gasteiger partial charge in [-0.1, -0.05) is 30.3 Å². The molecule has 0 atom stereocenters. The standard InChI is InChI=1S/C17H20N2O/c18-16-9-8-15(10-17(16)19-11-13-6-7-13)20-12-14-4-2-1-3-5-14/h1-5,8-10,13,19H,6-7,11-12,18H2. The highest BCUT2D eigenvalue weighted by molar-refractivity contribution is 5.68. The van der Waals surface area contributed by atoms with E-state index in [1.807, 2.05) is 36.4 Å². The highest BCUT2D eigenvalue weighted by Gasteiger charge is 2.20. The van der Waals surface area contributed by atoms with Crippen LogP contribution in [0.1, 0.15) is 18.4 Å². The topological polar surface area (TPSA) is 47.3 Å². The summed E-state index contributed by atoms with van der Waals surface area (Å²) in [6, 6.07) is 16.0. The number of hydrogen-bond acceptors (Lipinski definition) is 3. The van der Waals surface area contributed by atoms with Crippen LogP contribution in [0.4, 0.5) is 11.4 Å². The van der Waals surface area contributed by atoms with E-state index in [0.29, 0.717) is 6.61 Å². The highest BCUT2D eigenvalue weighted by atomic mass is 16.5. The zero-order chi connectivity index (χ0) is 13.8. The molecule has 3 N–H and O–H groups in total. The molecule has 1 fully saturated rings. The number of benzene rings is 2. The van der Waals surface area contributed by atoms with Crippen LogP contribution in [0.25, 0.3) is 0 Å². The molecule has 3 rings (SSSR count). The number of ether oxygens (including phenoxy) is 1. The molecule has 1 aliphatic rings. The van der Waals surface area contributed by atoms with Gasteiger partial charge < -0.3 is 15.8 Å². The average Bonchev–Trinajstić information content (AvgIpc) is 3.30. The van der Waals surface area contributed by atoms with Crippen molar-refractivity contribution >= 4 is 11.4 Å². The molecule has 3 nitrogen and oxygen atoms in total. The van der Waals surface area contributed by atoms with Gasteiger partial charge in [0.25, 0.3) is 0 Å². The van der Waals surface area contributed by atoms with E-state index in [0.717, 1.165) is 35.2 Å². The zero-order valence-electron chi connectivity index (χ0n) is 11.5. The van der Waals surface area contributed by atoms with Gasteiger partial charge in [-0.25, -0.2) is 0 Å². The van der Waals surface area contributed by atoms with Crippen LogP contribution in [0, 0.1) is 5.92 Å². The first kappa shape index (κ1) is 12.9. The third-order valence-electron chi connectivity index (χ3n) is 3.55. The molecular weight excluding hydrogens is 248 g/mol. The number of nitrogens with two attached hydrogens (primary N) is 1.